The highest BCUT2D eigenvalue weighted by Gasteiger charge is 2.20. The van der Waals surface area contributed by atoms with Gasteiger partial charge in [0.15, 0.2) is 0 Å². The Hall–Kier alpha value is -3.98. The van der Waals surface area contributed by atoms with Gasteiger partial charge in [-0.25, -0.2) is 14.4 Å². The molecule has 2 aromatic heterocycles. The standard InChI is InChI=1S/C22H16FN5/c1-13-6-7-15-10-18(14-8-9-26-19(11-14)25-2)21(28-22(15)27-13)17-5-3-4-16(12-24)20(17)23/h3-11H,1H2,2H3,(H,25,26)(H,27,28). The number of nitrogens with zero attached hydrogens (tertiary/aromatic N) is 3. The molecular formula is C22H16FN5. The zero-order chi connectivity index (χ0) is 19.7. The van der Waals surface area contributed by atoms with E-state index in [1.807, 2.05) is 36.4 Å². The van der Waals surface area contributed by atoms with E-state index < -0.39 is 5.82 Å². The number of nitriles is 1. The topological polar surface area (TPSA) is 73.6 Å². The van der Waals surface area contributed by atoms with Gasteiger partial charge in [0.05, 0.1) is 11.3 Å². The Morgan fingerprint density at radius 2 is 2.04 bits per heavy atom. The van der Waals surface area contributed by atoms with Crippen molar-refractivity contribution in [3.8, 4) is 28.5 Å². The first kappa shape index (κ1) is 17.4. The first-order chi connectivity index (χ1) is 13.6. The molecule has 1 aromatic carbocycles. The Bertz CT molecular complexity index is 1170. The van der Waals surface area contributed by atoms with Crippen molar-refractivity contribution in [2.75, 3.05) is 17.7 Å². The van der Waals surface area contributed by atoms with Crippen LogP contribution in [0.2, 0.25) is 0 Å². The third kappa shape index (κ3) is 2.99. The van der Waals surface area contributed by atoms with Crippen molar-refractivity contribution < 1.29 is 4.39 Å². The minimum atomic E-state index is -0.591. The number of anilines is 2. The minimum Gasteiger partial charge on any atom is -0.373 e. The summed E-state index contributed by atoms with van der Waals surface area (Å²) in [5.74, 6) is 0.692. The number of hydrogen-bond acceptors (Lipinski definition) is 5. The number of benzene rings is 1. The Labute approximate surface area is 161 Å². The van der Waals surface area contributed by atoms with Crippen LogP contribution in [0.15, 0.2) is 60.9 Å². The van der Waals surface area contributed by atoms with Gasteiger partial charge in [-0.05, 0) is 48.0 Å². The van der Waals surface area contributed by atoms with Gasteiger partial charge in [0, 0.05) is 35.6 Å². The largest absolute Gasteiger partial charge is 0.373 e. The maximum atomic E-state index is 15.0. The second-order valence-corrected chi connectivity index (χ2v) is 6.26. The van der Waals surface area contributed by atoms with Gasteiger partial charge in [-0.3, -0.25) is 0 Å². The van der Waals surface area contributed by atoms with E-state index in [-0.39, 0.29) is 11.1 Å². The van der Waals surface area contributed by atoms with Crippen LogP contribution in [0.1, 0.15) is 11.1 Å². The highest BCUT2D eigenvalue weighted by Crippen LogP contribution is 2.37. The number of fused-ring (bicyclic) bond motifs is 1. The summed E-state index contributed by atoms with van der Waals surface area (Å²) >= 11 is 0. The first-order valence-electron chi connectivity index (χ1n) is 8.63. The summed E-state index contributed by atoms with van der Waals surface area (Å²) in [5, 5.41) is 15.3. The van der Waals surface area contributed by atoms with Crippen LogP contribution in [0.5, 0.6) is 0 Å². The fourth-order valence-electron chi connectivity index (χ4n) is 3.10. The molecule has 136 valence electrons. The predicted octanol–water partition coefficient (Wildman–Crippen LogP) is 4.82. The zero-order valence-electron chi connectivity index (χ0n) is 15.1. The number of rotatable bonds is 3. The van der Waals surface area contributed by atoms with E-state index in [1.54, 1.807) is 25.4 Å². The second kappa shape index (κ2) is 6.97. The third-order valence-electron chi connectivity index (χ3n) is 4.50. The second-order valence-electron chi connectivity index (χ2n) is 6.26. The van der Waals surface area contributed by atoms with Gasteiger partial charge in [-0.15, -0.1) is 0 Å². The Balaban J connectivity index is 2.01. The van der Waals surface area contributed by atoms with Gasteiger partial charge < -0.3 is 10.6 Å². The van der Waals surface area contributed by atoms with Crippen molar-refractivity contribution in [1.82, 2.24) is 9.97 Å². The van der Waals surface area contributed by atoms with E-state index in [9.17, 15) is 9.65 Å². The molecule has 2 N–H and O–H groups in total. The minimum absolute atomic E-state index is 0.0223. The molecule has 5 nitrogen and oxygen atoms in total. The zero-order valence-corrected chi connectivity index (χ0v) is 15.1. The third-order valence-corrected chi connectivity index (χ3v) is 4.50. The normalized spacial score (nSPS) is 12.1. The molecule has 0 aliphatic carbocycles. The summed E-state index contributed by atoms with van der Waals surface area (Å²) in [5.41, 5.74) is 3.83. The number of halogens is 1. The molecule has 0 bridgehead atoms. The highest BCUT2D eigenvalue weighted by molar-refractivity contribution is 5.87. The summed E-state index contributed by atoms with van der Waals surface area (Å²) < 4.78 is 15.0. The van der Waals surface area contributed by atoms with E-state index in [0.29, 0.717) is 23.0 Å². The summed E-state index contributed by atoms with van der Waals surface area (Å²) in [7, 11) is 1.78. The maximum absolute atomic E-state index is 15.0. The average molecular weight is 369 g/mol. The molecule has 0 saturated carbocycles. The van der Waals surface area contributed by atoms with Crippen molar-refractivity contribution in [1.29, 1.82) is 5.26 Å². The van der Waals surface area contributed by atoms with Crippen molar-refractivity contribution in [2.45, 2.75) is 0 Å². The number of aromatic nitrogens is 2. The molecule has 0 radical (unpaired) electrons. The molecule has 6 heteroatoms. The summed E-state index contributed by atoms with van der Waals surface area (Å²) in [6, 6.07) is 12.3. The van der Waals surface area contributed by atoms with Crippen molar-refractivity contribution in [2.24, 2.45) is 0 Å². The van der Waals surface area contributed by atoms with E-state index in [1.165, 1.54) is 6.07 Å². The molecule has 0 unspecified atom stereocenters. The fraction of sp³-hybridized carbons (Fsp3) is 0.0455. The smallest absolute Gasteiger partial charge is 0.150 e. The predicted molar refractivity (Wildman–Crippen MR) is 109 cm³/mol. The summed E-state index contributed by atoms with van der Waals surface area (Å²) in [6.45, 7) is 3.89. The van der Waals surface area contributed by atoms with E-state index in [0.717, 1.165) is 16.7 Å². The van der Waals surface area contributed by atoms with Crippen molar-refractivity contribution in [3.05, 3.63) is 77.9 Å². The summed E-state index contributed by atoms with van der Waals surface area (Å²) in [6.07, 6.45) is 5.45. The lowest BCUT2D eigenvalue weighted by Crippen LogP contribution is -2.07. The molecule has 1 aliphatic heterocycles. The average Bonchev–Trinajstić information content (AvgIpc) is 2.73. The van der Waals surface area contributed by atoms with E-state index in [4.69, 9.17) is 0 Å². The lowest BCUT2D eigenvalue weighted by Gasteiger charge is -2.19. The number of allylic oxidation sites excluding steroid dienone is 1. The van der Waals surface area contributed by atoms with Gasteiger partial charge in [-0.2, -0.15) is 5.26 Å². The molecule has 0 fully saturated rings. The Kier molecular flexibility index (Phi) is 4.34. The monoisotopic (exact) mass is 369 g/mol. The molecule has 0 atom stereocenters. The van der Waals surface area contributed by atoms with Crippen LogP contribution < -0.4 is 10.6 Å². The number of pyridine rings is 2. The van der Waals surface area contributed by atoms with Gasteiger partial charge in [0.2, 0.25) is 0 Å². The van der Waals surface area contributed by atoms with E-state index in [2.05, 4.69) is 27.2 Å². The Morgan fingerprint density at radius 3 is 2.82 bits per heavy atom. The van der Waals surface area contributed by atoms with Crippen LogP contribution in [-0.4, -0.2) is 17.0 Å². The number of hydrogen-bond donors (Lipinski definition) is 2. The van der Waals surface area contributed by atoms with Crippen LogP contribution in [0.25, 0.3) is 28.5 Å². The molecule has 3 aromatic rings. The maximum Gasteiger partial charge on any atom is 0.150 e. The van der Waals surface area contributed by atoms with Gasteiger partial charge in [0.25, 0.3) is 0 Å². The van der Waals surface area contributed by atoms with Crippen LogP contribution in [0.4, 0.5) is 16.0 Å². The summed E-state index contributed by atoms with van der Waals surface area (Å²) in [4.78, 5) is 8.93. The molecule has 0 spiro atoms. The van der Waals surface area contributed by atoms with Crippen LogP contribution >= 0.6 is 0 Å². The molecule has 28 heavy (non-hydrogen) atoms. The van der Waals surface area contributed by atoms with Crippen LogP contribution in [-0.2, 0) is 0 Å². The SMILES string of the molecule is C=C1C=Cc2cc(-c3ccnc(NC)c3)c(-c3cccc(C#N)c3F)nc2N1. The first-order valence-corrected chi connectivity index (χ1v) is 8.63. The lowest BCUT2D eigenvalue weighted by molar-refractivity contribution is 0.627. The fourth-order valence-corrected chi connectivity index (χ4v) is 3.10. The molecule has 0 saturated heterocycles. The quantitative estimate of drug-likeness (QED) is 0.693. The van der Waals surface area contributed by atoms with Gasteiger partial charge in [0.1, 0.15) is 23.5 Å². The van der Waals surface area contributed by atoms with Crippen LogP contribution in [0.3, 0.4) is 0 Å². The molecular weight excluding hydrogens is 353 g/mol. The van der Waals surface area contributed by atoms with Crippen LogP contribution in [0, 0.1) is 17.1 Å². The molecule has 4 rings (SSSR count). The van der Waals surface area contributed by atoms with Gasteiger partial charge >= 0.3 is 0 Å². The van der Waals surface area contributed by atoms with Crippen molar-refractivity contribution >= 4 is 17.7 Å². The molecule has 1 aliphatic rings. The number of nitrogens with one attached hydrogen (secondary N) is 2. The van der Waals surface area contributed by atoms with E-state index >= 15 is 0 Å². The lowest BCUT2D eigenvalue weighted by atomic mass is 9.96. The molecule has 3 heterocycles. The Morgan fingerprint density at radius 1 is 1.18 bits per heavy atom. The molecule has 0 amide bonds. The van der Waals surface area contributed by atoms with Gasteiger partial charge in [-0.1, -0.05) is 12.6 Å². The highest BCUT2D eigenvalue weighted by atomic mass is 19.1. The van der Waals surface area contributed by atoms with Crippen molar-refractivity contribution in [3.63, 3.8) is 0 Å².